The molecule has 2 saturated heterocycles. The molecule has 8 nitrogen and oxygen atoms in total. The van der Waals surface area contributed by atoms with Gasteiger partial charge in [0.1, 0.15) is 6.04 Å². The Bertz CT molecular complexity index is 595. The molecule has 0 radical (unpaired) electrons. The van der Waals surface area contributed by atoms with Crippen LogP contribution in [0.15, 0.2) is 10.6 Å². The van der Waals surface area contributed by atoms with E-state index in [-0.39, 0.29) is 17.9 Å². The van der Waals surface area contributed by atoms with Crippen molar-refractivity contribution in [3.63, 3.8) is 0 Å². The predicted octanol–water partition coefficient (Wildman–Crippen LogP) is -0.114. The lowest BCUT2D eigenvalue weighted by Crippen LogP contribution is -2.52. The van der Waals surface area contributed by atoms with Gasteiger partial charge >= 0.3 is 0 Å². The fourth-order valence-corrected chi connectivity index (χ4v) is 3.34. The lowest BCUT2D eigenvalue weighted by molar-refractivity contribution is -0.129. The van der Waals surface area contributed by atoms with Gasteiger partial charge in [0.25, 0.3) is 0 Å². The summed E-state index contributed by atoms with van der Waals surface area (Å²) in [5.74, 6) is 0.752. The van der Waals surface area contributed by atoms with E-state index in [4.69, 9.17) is 4.52 Å². The molecule has 8 heteroatoms. The summed E-state index contributed by atoms with van der Waals surface area (Å²) in [4.78, 5) is 28.6. The number of aromatic nitrogens is 1. The Kier molecular flexibility index (Phi) is 6.04. The Balaban J connectivity index is 1.39. The summed E-state index contributed by atoms with van der Waals surface area (Å²) in [6, 6.07) is 1.57. The molecule has 2 aliphatic heterocycles. The third-order valence-corrected chi connectivity index (χ3v) is 4.76. The van der Waals surface area contributed by atoms with E-state index in [9.17, 15) is 9.59 Å². The minimum absolute atomic E-state index is 0.0574. The molecule has 25 heavy (non-hydrogen) atoms. The highest BCUT2D eigenvalue weighted by Gasteiger charge is 2.24. The van der Waals surface area contributed by atoms with Crippen LogP contribution in [0.4, 0.5) is 0 Å². The van der Waals surface area contributed by atoms with Crippen molar-refractivity contribution in [2.45, 2.75) is 38.8 Å². The molecular weight excluding hydrogens is 322 g/mol. The van der Waals surface area contributed by atoms with Crippen LogP contribution in [0.5, 0.6) is 0 Å². The van der Waals surface area contributed by atoms with Gasteiger partial charge in [0.2, 0.25) is 11.8 Å². The van der Waals surface area contributed by atoms with E-state index in [1.807, 2.05) is 13.0 Å². The molecule has 0 saturated carbocycles. The Morgan fingerprint density at radius 2 is 2.08 bits per heavy atom. The summed E-state index contributed by atoms with van der Waals surface area (Å²) in [7, 11) is 0. The first-order valence-electron chi connectivity index (χ1n) is 9.04. The van der Waals surface area contributed by atoms with E-state index in [0.717, 1.165) is 63.4 Å². The number of hydrogen-bond acceptors (Lipinski definition) is 6. The molecular formula is C17H27N5O3. The van der Waals surface area contributed by atoms with Gasteiger partial charge in [-0.3, -0.25) is 19.4 Å². The second-order valence-corrected chi connectivity index (χ2v) is 6.89. The van der Waals surface area contributed by atoms with Crippen molar-refractivity contribution >= 4 is 11.8 Å². The van der Waals surface area contributed by atoms with Gasteiger partial charge in [-0.1, -0.05) is 5.16 Å². The highest BCUT2D eigenvalue weighted by atomic mass is 16.5. The zero-order valence-corrected chi connectivity index (χ0v) is 14.8. The van der Waals surface area contributed by atoms with Gasteiger partial charge < -0.3 is 15.2 Å². The van der Waals surface area contributed by atoms with Gasteiger partial charge in [-0.2, -0.15) is 0 Å². The first-order valence-corrected chi connectivity index (χ1v) is 9.04. The molecule has 1 unspecified atom stereocenters. The summed E-state index contributed by atoms with van der Waals surface area (Å²) in [6.07, 6.45) is 2.66. The van der Waals surface area contributed by atoms with Crippen LogP contribution in [-0.2, 0) is 16.1 Å². The molecule has 0 aromatic carbocycles. The largest absolute Gasteiger partial charge is 0.360 e. The highest BCUT2D eigenvalue weighted by Crippen LogP contribution is 2.10. The number of carbonyl (C=O) groups is 2. The average Bonchev–Trinajstić information content (AvgIpc) is 2.89. The summed E-state index contributed by atoms with van der Waals surface area (Å²) >= 11 is 0. The van der Waals surface area contributed by atoms with E-state index in [1.54, 1.807) is 0 Å². The number of hydrogen-bond donors (Lipinski definition) is 2. The Labute approximate surface area is 147 Å². The molecule has 0 bridgehead atoms. The second-order valence-electron chi connectivity index (χ2n) is 6.89. The van der Waals surface area contributed by atoms with E-state index in [1.165, 1.54) is 0 Å². The number of piperazine rings is 1. The lowest BCUT2D eigenvalue weighted by atomic mass is 10.1. The van der Waals surface area contributed by atoms with Crippen molar-refractivity contribution in [2.75, 3.05) is 39.3 Å². The van der Waals surface area contributed by atoms with Crippen LogP contribution in [0.2, 0.25) is 0 Å². The van der Waals surface area contributed by atoms with E-state index >= 15 is 0 Å². The van der Waals surface area contributed by atoms with Crippen molar-refractivity contribution in [2.24, 2.45) is 0 Å². The number of rotatable bonds is 5. The summed E-state index contributed by atoms with van der Waals surface area (Å²) in [6.45, 7) is 7.15. The summed E-state index contributed by atoms with van der Waals surface area (Å²) in [5, 5.41) is 9.63. The van der Waals surface area contributed by atoms with Crippen LogP contribution in [0.25, 0.3) is 0 Å². The standard InChI is InChI=1S/C17H27N5O3/c1-13-10-14(25-20-13)11-21-6-8-22(9-7-21)12-16(23)19-15-4-2-3-5-18-17(15)24/h10,15H,2-9,11-12H2,1H3,(H,18,24)(H,19,23). The van der Waals surface area contributed by atoms with Gasteiger partial charge in [-0.05, 0) is 26.2 Å². The Morgan fingerprint density at radius 1 is 1.32 bits per heavy atom. The van der Waals surface area contributed by atoms with Crippen molar-refractivity contribution in [3.05, 3.63) is 17.5 Å². The smallest absolute Gasteiger partial charge is 0.242 e. The first-order chi connectivity index (χ1) is 12.1. The molecule has 1 aromatic rings. The SMILES string of the molecule is Cc1cc(CN2CCN(CC(=O)NC3CCCCNC3=O)CC2)on1. The molecule has 3 rings (SSSR count). The van der Waals surface area contributed by atoms with Crippen molar-refractivity contribution in [1.29, 1.82) is 0 Å². The average molecular weight is 349 g/mol. The molecule has 138 valence electrons. The van der Waals surface area contributed by atoms with E-state index in [2.05, 4.69) is 25.6 Å². The van der Waals surface area contributed by atoms with Gasteiger partial charge in [-0.25, -0.2) is 0 Å². The molecule has 0 aliphatic carbocycles. The van der Waals surface area contributed by atoms with E-state index < -0.39 is 0 Å². The maximum Gasteiger partial charge on any atom is 0.242 e. The van der Waals surface area contributed by atoms with Gasteiger partial charge in [-0.15, -0.1) is 0 Å². The fraction of sp³-hybridized carbons (Fsp3) is 0.706. The Hall–Kier alpha value is -1.93. The molecule has 0 spiro atoms. The number of aryl methyl sites for hydroxylation is 1. The van der Waals surface area contributed by atoms with Gasteiger partial charge in [0.15, 0.2) is 5.76 Å². The minimum atomic E-state index is -0.383. The third-order valence-electron chi connectivity index (χ3n) is 4.76. The second kappa shape index (κ2) is 8.44. The first kappa shape index (κ1) is 17.9. The normalized spacial score (nSPS) is 23.1. The topological polar surface area (TPSA) is 90.7 Å². The minimum Gasteiger partial charge on any atom is -0.360 e. The van der Waals surface area contributed by atoms with Crippen LogP contribution in [0.3, 0.4) is 0 Å². The quantitative estimate of drug-likeness (QED) is 0.771. The van der Waals surface area contributed by atoms with Crippen LogP contribution < -0.4 is 10.6 Å². The van der Waals surface area contributed by atoms with Crippen molar-refractivity contribution < 1.29 is 14.1 Å². The molecule has 1 aromatic heterocycles. The molecule has 3 heterocycles. The number of amides is 2. The monoisotopic (exact) mass is 349 g/mol. The number of nitrogens with one attached hydrogen (secondary N) is 2. The molecule has 1 atom stereocenters. The maximum absolute atomic E-state index is 12.2. The van der Waals surface area contributed by atoms with Crippen LogP contribution in [0, 0.1) is 6.92 Å². The van der Waals surface area contributed by atoms with Crippen LogP contribution in [-0.4, -0.2) is 72.1 Å². The van der Waals surface area contributed by atoms with Crippen LogP contribution in [0.1, 0.15) is 30.7 Å². The molecule has 2 fully saturated rings. The summed E-state index contributed by atoms with van der Waals surface area (Å²) in [5.41, 5.74) is 0.896. The number of carbonyl (C=O) groups excluding carboxylic acids is 2. The van der Waals surface area contributed by atoms with Gasteiger partial charge in [0.05, 0.1) is 18.8 Å². The fourth-order valence-electron chi connectivity index (χ4n) is 3.34. The lowest BCUT2D eigenvalue weighted by Gasteiger charge is -2.33. The highest BCUT2D eigenvalue weighted by molar-refractivity contribution is 5.88. The van der Waals surface area contributed by atoms with Crippen molar-refractivity contribution in [3.8, 4) is 0 Å². The predicted molar refractivity (Wildman–Crippen MR) is 91.7 cm³/mol. The molecule has 2 N–H and O–H groups in total. The third kappa shape index (κ3) is 5.27. The Morgan fingerprint density at radius 3 is 2.80 bits per heavy atom. The number of nitrogens with zero attached hydrogens (tertiary/aromatic N) is 3. The van der Waals surface area contributed by atoms with Gasteiger partial charge in [0, 0.05) is 38.8 Å². The maximum atomic E-state index is 12.2. The zero-order valence-electron chi connectivity index (χ0n) is 14.8. The van der Waals surface area contributed by atoms with Crippen molar-refractivity contribution in [1.82, 2.24) is 25.6 Å². The van der Waals surface area contributed by atoms with E-state index in [0.29, 0.717) is 13.1 Å². The molecule has 2 aliphatic rings. The summed E-state index contributed by atoms with van der Waals surface area (Å²) < 4.78 is 5.26. The zero-order chi connectivity index (χ0) is 17.6. The van der Waals surface area contributed by atoms with Crippen LogP contribution >= 0.6 is 0 Å². The molecule has 2 amide bonds.